The number of H-pyrrole nitrogens is 1. The summed E-state index contributed by atoms with van der Waals surface area (Å²) in [5.41, 5.74) is 10.2. The van der Waals surface area contributed by atoms with Gasteiger partial charge in [0, 0.05) is 21.8 Å². The lowest BCUT2D eigenvalue weighted by Gasteiger charge is -2.13. The Labute approximate surface area is 127 Å². The minimum absolute atomic E-state index is 0.263. The van der Waals surface area contributed by atoms with E-state index in [0.29, 0.717) is 0 Å². The Bertz CT molecular complexity index is 971. The van der Waals surface area contributed by atoms with E-state index in [4.69, 9.17) is 5.73 Å². The molecular formula is C19H15FN2. The summed E-state index contributed by atoms with van der Waals surface area (Å²) in [6, 6.07) is 20.4. The predicted molar refractivity (Wildman–Crippen MR) is 88.2 cm³/mol. The van der Waals surface area contributed by atoms with Crippen LogP contribution < -0.4 is 5.73 Å². The molecule has 4 aromatic rings. The molecule has 0 bridgehead atoms. The van der Waals surface area contributed by atoms with Crippen molar-refractivity contribution in [2.24, 2.45) is 5.73 Å². The van der Waals surface area contributed by atoms with Crippen molar-refractivity contribution in [2.45, 2.75) is 6.04 Å². The van der Waals surface area contributed by atoms with Gasteiger partial charge in [0.05, 0.1) is 6.04 Å². The fourth-order valence-electron chi connectivity index (χ4n) is 2.95. The van der Waals surface area contributed by atoms with Gasteiger partial charge < -0.3 is 10.7 Å². The number of hydrogen-bond acceptors (Lipinski definition) is 1. The number of hydrogen-bond donors (Lipinski definition) is 2. The van der Waals surface area contributed by atoms with Crippen molar-refractivity contribution in [3.05, 3.63) is 83.7 Å². The Kier molecular flexibility index (Phi) is 2.94. The molecule has 0 spiro atoms. The highest BCUT2D eigenvalue weighted by atomic mass is 19.1. The molecule has 1 heterocycles. The maximum atomic E-state index is 13.4. The van der Waals surface area contributed by atoms with E-state index >= 15 is 0 Å². The van der Waals surface area contributed by atoms with Crippen LogP contribution in [-0.4, -0.2) is 4.98 Å². The van der Waals surface area contributed by atoms with Crippen LogP contribution in [0.2, 0.25) is 0 Å². The molecule has 1 aromatic heterocycles. The van der Waals surface area contributed by atoms with Crippen LogP contribution in [0.1, 0.15) is 17.2 Å². The second-order valence-corrected chi connectivity index (χ2v) is 5.51. The molecule has 108 valence electrons. The Morgan fingerprint density at radius 1 is 0.773 bits per heavy atom. The summed E-state index contributed by atoms with van der Waals surface area (Å²) in [6.07, 6.45) is 0. The number of para-hydroxylation sites is 1. The average molecular weight is 290 g/mol. The van der Waals surface area contributed by atoms with Gasteiger partial charge in [0.15, 0.2) is 0 Å². The van der Waals surface area contributed by atoms with Crippen molar-refractivity contribution in [3.8, 4) is 0 Å². The Hall–Kier alpha value is -2.65. The predicted octanol–water partition coefficient (Wildman–Crippen LogP) is 4.51. The maximum Gasteiger partial charge on any atom is 0.123 e. The third-order valence-electron chi connectivity index (χ3n) is 4.10. The largest absolute Gasteiger partial charge is 0.355 e. The van der Waals surface area contributed by atoms with Gasteiger partial charge in [-0.05, 0) is 41.5 Å². The topological polar surface area (TPSA) is 41.8 Å². The second kappa shape index (κ2) is 4.97. The van der Waals surface area contributed by atoms with Crippen molar-refractivity contribution in [1.29, 1.82) is 0 Å². The molecule has 3 aromatic carbocycles. The Morgan fingerprint density at radius 2 is 1.55 bits per heavy atom. The first-order valence-corrected chi connectivity index (χ1v) is 7.24. The van der Waals surface area contributed by atoms with Crippen molar-refractivity contribution in [3.63, 3.8) is 0 Å². The number of halogens is 1. The van der Waals surface area contributed by atoms with Crippen molar-refractivity contribution < 1.29 is 4.39 Å². The lowest BCUT2D eigenvalue weighted by atomic mass is 9.98. The molecule has 0 amide bonds. The summed E-state index contributed by atoms with van der Waals surface area (Å²) in [7, 11) is 0. The number of nitrogens with one attached hydrogen (secondary N) is 1. The van der Waals surface area contributed by atoms with Gasteiger partial charge in [-0.1, -0.05) is 36.4 Å². The summed E-state index contributed by atoms with van der Waals surface area (Å²) in [4.78, 5) is 3.39. The molecule has 22 heavy (non-hydrogen) atoms. The van der Waals surface area contributed by atoms with Gasteiger partial charge in [0.1, 0.15) is 5.82 Å². The maximum absolute atomic E-state index is 13.4. The molecule has 0 aliphatic carbocycles. The van der Waals surface area contributed by atoms with Crippen molar-refractivity contribution >= 4 is 21.8 Å². The fourth-order valence-corrected chi connectivity index (χ4v) is 2.95. The van der Waals surface area contributed by atoms with Gasteiger partial charge in [-0.15, -0.1) is 0 Å². The molecule has 3 heteroatoms. The van der Waals surface area contributed by atoms with E-state index in [1.165, 1.54) is 17.5 Å². The standard InChI is InChI=1S/C19H15FN2/c20-14-5-3-4-12(10-14)19(21)13-8-9-18-16(11-13)15-6-1-2-7-17(15)22-18/h1-11,19,22H,21H2. The van der Waals surface area contributed by atoms with Crippen LogP contribution in [0, 0.1) is 5.82 Å². The number of rotatable bonds is 2. The molecular weight excluding hydrogens is 275 g/mol. The highest BCUT2D eigenvalue weighted by Gasteiger charge is 2.12. The summed E-state index contributed by atoms with van der Waals surface area (Å²) in [6.45, 7) is 0. The average Bonchev–Trinajstić information content (AvgIpc) is 2.92. The molecule has 0 saturated carbocycles. The van der Waals surface area contributed by atoms with Gasteiger partial charge in [0.25, 0.3) is 0 Å². The van der Waals surface area contributed by atoms with Gasteiger partial charge in [-0.25, -0.2) is 4.39 Å². The molecule has 3 N–H and O–H groups in total. The van der Waals surface area contributed by atoms with E-state index in [1.54, 1.807) is 6.07 Å². The molecule has 2 nitrogen and oxygen atoms in total. The Balaban J connectivity index is 1.86. The van der Waals surface area contributed by atoms with Crippen molar-refractivity contribution in [2.75, 3.05) is 0 Å². The SMILES string of the molecule is NC(c1cccc(F)c1)c1ccc2[nH]c3ccccc3c2c1. The van der Waals surface area contributed by atoms with Crippen LogP contribution in [0.4, 0.5) is 4.39 Å². The van der Waals surface area contributed by atoms with Crippen LogP contribution in [-0.2, 0) is 0 Å². The van der Waals surface area contributed by atoms with Crippen LogP contribution in [0.5, 0.6) is 0 Å². The highest BCUT2D eigenvalue weighted by Crippen LogP contribution is 2.29. The zero-order valence-corrected chi connectivity index (χ0v) is 11.9. The van der Waals surface area contributed by atoms with Crippen molar-refractivity contribution in [1.82, 2.24) is 4.98 Å². The first-order chi connectivity index (χ1) is 10.7. The second-order valence-electron chi connectivity index (χ2n) is 5.51. The van der Waals surface area contributed by atoms with E-state index in [2.05, 4.69) is 23.2 Å². The van der Waals surface area contributed by atoms with E-state index in [-0.39, 0.29) is 11.9 Å². The quantitative estimate of drug-likeness (QED) is 0.560. The molecule has 1 unspecified atom stereocenters. The number of nitrogens with two attached hydrogens (primary N) is 1. The fraction of sp³-hybridized carbons (Fsp3) is 0.0526. The van der Waals surface area contributed by atoms with E-state index in [0.717, 1.165) is 27.5 Å². The Morgan fingerprint density at radius 3 is 2.41 bits per heavy atom. The van der Waals surface area contributed by atoms with Gasteiger partial charge in [0.2, 0.25) is 0 Å². The third kappa shape index (κ3) is 2.07. The lowest BCUT2D eigenvalue weighted by Crippen LogP contribution is -2.11. The lowest BCUT2D eigenvalue weighted by molar-refractivity contribution is 0.623. The van der Waals surface area contributed by atoms with Crippen LogP contribution in [0.15, 0.2) is 66.7 Å². The summed E-state index contributed by atoms with van der Waals surface area (Å²) in [5, 5.41) is 2.31. The van der Waals surface area contributed by atoms with Crippen LogP contribution >= 0.6 is 0 Å². The number of aromatic amines is 1. The molecule has 0 aliphatic rings. The van der Waals surface area contributed by atoms with E-state index < -0.39 is 0 Å². The summed E-state index contributed by atoms with van der Waals surface area (Å²) < 4.78 is 13.4. The normalized spacial score (nSPS) is 12.8. The van der Waals surface area contributed by atoms with Gasteiger partial charge >= 0.3 is 0 Å². The highest BCUT2D eigenvalue weighted by molar-refractivity contribution is 6.07. The molecule has 0 fully saturated rings. The summed E-state index contributed by atoms with van der Waals surface area (Å²) >= 11 is 0. The molecule has 0 saturated heterocycles. The molecule has 1 atom stereocenters. The zero-order chi connectivity index (χ0) is 15.1. The number of fused-ring (bicyclic) bond motifs is 3. The zero-order valence-electron chi connectivity index (χ0n) is 11.9. The molecule has 0 radical (unpaired) electrons. The van der Waals surface area contributed by atoms with Gasteiger partial charge in [-0.3, -0.25) is 0 Å². The molecule has 4 rings (SSSR count). The first kappa shape index (κ1) is 13.0. The van der Waals surface area contributed by atoms with E-state index in [1.807, 2.05) is 30.3 Å². The molecule has 0 aliphatic heterocycles. The van der Waals surface area contributed by atoms with Gasteiger partial charge in [-0.2, -0.15) is 0 Å². The minimum Gasteiger partial charge on any atom is -0.355 e. The third-order valence-corrected chi connectivity index (χ3v) is 4.10. The summed E-state index contributed by atoms with van der Waals surface area (Å²) in [5.74, 6) is -0.263. The van der Waals surface area contributed by atoms with Crippen LogP contribution in [0.25, 0.3) is 21.8 Å². The van der Waals surface area contributed by atoms with Crippen LogP contribution in [0.3, 0.4) is 0 Å². The minimum atomic E-state index is -0.339. The monoisotopic (exact) mass is 290 g/mol. The number of aromatic nitrogens is 1. The van der Waals surface area contributed by atoms with E-state index in [9.17, 15) is 4.39 Å². The first-order valence-electron chi connectivity index (χ1n) is 7.24. The smallest absolute Gasteiger partial charge is 0.123 e. The number of benzene rings is 3.